The first-order chi connectivity index (χ1) is 15.9. The minimum atomic E-state index is -0.0967. The van der Waals surface area contributed by atoms with Gasteiger partial charge in [0.15, 0.2) is 23.1 Å². The van der Waals surface area contributed by atoms with E-state index in [0.29, 0.717) is 52.5 Å². The third kappa shape index (κ3) is 6.17. The summed E-state index contributed by atoms with van der Waals surface area (Å²) in [7, 11) is 4.80. The highest BCUT2D eigenvalue weighted by Gasteiger charge is 2.18. The van der Waals surface area contributed by atoms with Gasteiger partial charge >= 0.3 is 0 Å². The molecule has 33 heavy (non-hydrogen) atoms. The normalized spacial score (nSPS) is 14.6. The van der Waals surface area contributed by atoms with Gasteiger partial charge in [-0.25, -0.2) is 4.99 Å². The number of hydrogen-bond donors (Lipinski definition) is 3. The lowest BCUT2D eigenvalue weighted by Crippen LogP contribution is -2.50. The molecule has 1 aliphatic rings. The van der Waals surface area contributed by atoms with Gasteiger partial charge in [0.25, 0.3) is 0 Å². The first-order valence-electron chi connectivity index (χ1n) is 10.2. The summed E-state index contributed by atoms with van der Waals surface area (Å²) in [6, 6.07) is 10.7. The van der Waals surface area contributed by atoms with E-state index in [9.17, 15) is 4.79 Å². The standard InChI is InChI=1S/C23H27ClN6O3/c1-15(31)18-12-20(32-3)21(33-4)13-19(18)26-14-23(28-25-2)30-10-6-9-22(29-30)27-17-8-5-7-16(24)11-17/h5-9,11-13,25-26H,10,14H2,1-4H3,(H,27,29)/b28-23-. The minimum Gasteiger partial charge on any atom is -0.493 e. The van der Waals surface area contributed by atoms with E-state index in [2.05, 4.69) is 26.3 Å². The number of Topliss-reactive ketones (excluding diaryl/α,β-unsaturated/α-hetero) is 1. The van der Waals surface area contributed by atoms with Crippen molar-refractivity contribution in [1.29, 1.82) is 0 Å². The number of rotatable bonds is 8. The Morgan fingerprint density at radius 2 is 1.97 bits per heavy atom. The van der Waals surface area contributed by atoms with Crippen LogP contribution >= 0.6 is 11.6 Å². The number of methoxy groups -OCH3 is 2. The number of nitrogens with zero attached hydrogens (tertiary/aromatic N) is 3. The van der Waals surface area contributed by atoms with Crippen LogP contribution in [-0.4, -0.2) is 56.8 Å². The summed E-state index contributed by atoms with van der Waals surface area (Å²) in [6.07, 6.45) is 3.87. The van der Waals surface area contributed by atoms with Gasteiger partial charge in [-0.05, 0) is 37.3 Å². The monoisotopic (exact) mass is 470 g/mol. The van der Waals surface area contributed by atoms with E-state index in [4.69, 9.17) is 21.1 Å². The summed E-state index contributed by atoms with van der Waals surface area (Å²) in [5, 5.41) is 10.1. The number of hydrazone groups is 1. The van der Waals surface area contributed by atoms with Gasteiger partial charge < -0.3 is 20.2 Å². The van der Waals surface area contributed by atoms with Crippen LogP contribution in [0.1, 0.15) is 17.3 Å². The van der Waals surface area contributed by atoms with Gasteiger partial charge in [0, 0.05) is 29.4 Å². The average molecular weight is 471 g/mol. The lowest BCUT2D eigenvalue weighted by molar-refractivity contribution is 0.101. The molecule has 174 valence electrons. The Morgan fingerprint density at radius 3 is 2.64 bits per heavy atom. The molecule has 0 radical (unpaired) electrons. The molecular weight excluding hydrogens is 444 g/mol. The summed E-state index contributed by atoms with van der Waals surface area (Å²) in [4.78, 5) is 16.8. The number of hydrazine groups is 1. The maximum Gasteiger partial charge on any atom is 0.162 e. The zero-order valence-electron chi connectivity index (χ0n) is 19.0. The van der Waals surface area contributed by atoms with Crippen LogP contribution in [0, 0.1) is 0 Å². The summed E-state index contributed by atoms with van der Waals surface area (Å²) in [6.45, 7) is 2.40. The summed E-state index contributed by atoms with van der Waals surface area (Å²) in [5.74, 6) is 2.21. The molecule has 9 nitrogen and oxygen atoms in total. The van der Waals surface area contributed by atoms with Gasteiger partial charge in [0.1, 0.15) is 5.84 Å². The van der Waals surface area contributed by atoms with Gasteiger partial charge in [0.2, 0.25) is 0 Å². The Balaban J connectivity index is 1.80. The molecular formula is C23H27ClN6O3. The minimum absolute atomic E-state index is 0.0967. The van der Waals surface area contributed by atoms with E-state index in [-0.39, 0.29) is 5.78 Å². The van der Waals surface area contributed by atoms with Crippen molar-refractivity contribution >= 4 is 40.4 Å². The molecule has 0 aromatic heterocycles. The number of carbonyl (C=O) groups excluding carboxylic acids is 1. The van der Waals surface area contributed by atoms with Crippen molar-refractivity contribution < 1.29 is 14.3 Å². The van der Waals surface area contributed by atoms with Crippen LogP contribution in [0.5, 0.6) is 11.5 Å². The molecule has 1 heterocycles. The number of halogens is 1. The molecule has 1 aliphatic heterocycles. The van der Waals surface area contributed by atoms with Gasteiger partial charge in [-0.3, -0.25) is 15.2 Å². The molecule has 0 fully saturated rings. The van der Waals surface area contributed by atoms with E-state index in [1.807, 2.05) is 29.3 Å². The van der Waals surface area contributed by atoms with Crippen LogP contribution < -0.4 is 25.6 Å². The second-order valence-corrected chi connectivity index (χ2v) is 7.45. The highest BCUT2D eigenvalue weighted by molar-refractivity contribution is 6.30. The predicted octanol–water partition coefficient (Wildman–Crippen LogP) is 3.61. The number of aliphatic imine (C=N–C) groups is 1. The smallest absolute Gasteiger partial charge is 0.162 e. The number of anilines is 1. The maximum atomic E-state index is 12.2. The first-order valence-corrected chi connectivity index (χ1v) is 10.6. The number of nitrogens with one attached hydrogen (secondary N) is 3. The van der Waals surface area contributed by atoms with Gasteiger partial charge in [-0.1, -0.05) is 23.7 Å². The first kappa shape index (κ1) is 23.9. The van der Waals surface area contributed by atoms with E-state index < -0.39 is 0 Å². The van der Waals surface area contributed by atoms with Crippen molar-refractivity contribution in [2.45, 2.75) is 6.92 Å². The highest BCUT2D eigenvalue weighted by atomic mass is 35.5. The Morgan fingerprint density at radius 1 is 1.21 bits per heavy atom. The number of amidine groups is 2. The largest absolute Gasteiger partial charge is 0.493 e. The number of ketones is 1. The number of carbonyl (C=O) groups is 1. The molecule has 0 amide bonds. The topological polar surface area (TPSA) is 99.6 Å². The van der Waals surface area contributed by atoms with E-state index in [0.717, 1.165) is 5.69 Å². The lowest BCUT2D eigenvalue weighted by atomic mass is 10.1. The number of benzene rings is 2. The average Bonchev–Trinajstić information content (AvgIpc) is 2.81. The van der Waals surface area contributed by atoms with Crippen molar-refractivity contribution in [3.63, 3.8) is 0 Å². The van der Waals surface area contributed by atoms with Crippen molar-refractivity contribution in [3.05, 3.63) is 59.1 Å². The fourth-order valence-electron chi connectivity index (χ4n) is 3.22. The molecule has 0 saturated heterocycles. The predicted molar refractivity (Wildman–Crippen MR) is 132 cm³/mol. The van der Waals surface area contributed by atoms with Gasteiger partial charge in [-0.2, -0.15) is 5.10 Å². The molecule has 3 N–H and O–H groups in total. The fraction of sp³-hybridized carbons (Fsp3) is 0.261. The number of hydrogen-bond acceptors (Lipinski definition) is 7. The summed E-state index contributed by atoms with van der Waals surface area (Å²) < 4.78 is 10.7. The Labute approximate surface area is 198 Å². The molecule has 0 atom stereocenters. The van der Waals surface area contributed by atoms with Crippen molar-refractivity contribution in [1.82, 2.24) is 15.9 Å². The fourth-order valence-corrected chi connectivity index (χ4v) is 3.41. The summed E-state index contributed by atoms with van der Waals surface area (Å²) in [5.41, 5.74) is 7.92. The zero-order valence-corrected chi connectivity index (χ0v) is 19.7. The third-order valence-corrected chi connectivity index (χ3v) is 5.00. The number of ether oxygens (including phenoxy) is 2. The van der Waals surface area contributed by atoms with Crippen molar-refractivity contribution in [3.8, 4) is 11.5 Å². The second kappa shape index (κ2) is 11.2. The van der Waals surface area contributed by atoms with Crippen LogP contribution in [-0.2, 0) is 0 Å². The van der Waals surface area contributed by atoms with E-state index in [1.165, 1.54) is 14.0 Å². The van der Waals surface area contributed by atoms with Gasteiger partial charge in [-0.15, -0.1) is 0 Å². The van der Waals surface area contributed by atoms with Crippen molar-refractivity contribution in [2.75, 3.05) is 39.7 Å². The van der Waals surface area contributed by atoms with Gasteiger partial charge in [0.05, 0.1) is 33.0 Å². The Bertz CT molecular complexity index is 1100. The molecule has 2 aromatic carbocycles. The van der Waals surface area contributed by atoms with Crippen LogP contribution in [0.4, 0.5) is 11.4 Å². The molecule has 0 bridgehead atoms. The quantitative estimate of drug-likeness (QED) is 0.234. The molecule has 10 heteroatoms. The van der Waals surface area contributed by atoms with E-state index >= 15 is 0 Å². The van der Waals surface area contributed by atoms with Crippen molar-refractivity contribution in [2.24, 2.45) is 10.1 Å². The second-order valence-electron chi connectivity index (χ2n) is 7.02. The maximum absolute atomic E-state index is 12.2. The Kier molecular flexibility index (Phi) is 8.15. The molecule has 0 aliphatic carbocycles. The Hall–Kier alpha value is -3.72. The third-order valence-electron chi connectivity index (χ3n) is 4.76. The molecule has 0 spiro atoms. The van der Waals surface area contributed by atoms with Crippen LogP contribution in [0.15, 0.2) is 58.6 Å². The molecule has 0 unspecified atom stereocenters. The molecule has 2 aromatic rings. The molecule has 3 rings (SSSR count). The zero-order chi connectivity index (χ0) is 23.8. The van der Waals surface area contributed by atoms with Crippen LogP contribution in [0.3, 0.4) is 0 Å². The molecule has 0 saturated carbocycles. The highest BCUT2D eigenvalue weighted by Crippen LogP contribution is 2.33. The SMILES string of the molecule is CN/N=C(/CNc1cc(OC)c(OC)cc1C(C)=O)N1CC=CC(=Nc2cccc(Cl)c2)N1. The van der Waals surface area contributed by atoms with Crippen LogP contribution in [0.2, 0.25) is 5.02 Å². The lowest BCUT2D eigenvalue weighted by Gasteiger charge is -2.29. The summed E-state index contributed by atoms with van der Waals surface area (Å²) >= 11 is 6.06. The van der Waals surface area contributed by atoms with E-state index in [1.54, 1.807) is 38.4 Å². The van der Waals surface area contributed by atoms with Crippen LogP contribution in [0.25, 0.3) is 0 Å².